The van der Waals surface area contributed by atoms with E-state index in [4.69, 9.17) is 5.73 Å². The lowest BCUT2D eigenvalue weighted by molar-refractivity contribution is -0.115. The van der Waals surface area contributed by atoms with E-state index in [1.54, 1.807) is 6.20 Å². The molecule has 0 radical (unpaired) electrons. The predicted molar refractivity (Wildman–Crippen MR) is 81.6 cm³/mol. The van der Waals surface area contributed by atoms with Gasteiger partial charge in [-0.3, -0.25) is 4.79 Å². The van der Waals surface area contributed by atoms with Crippen molar-refractivity contribution in [1.29, 1.82) is 0 Å². The van der Waals surface area contributed by atoms with Gasteiger partial charge in [-0.25, -0.2) is 4.98 Å². The molecule has 0 aliphatic rings. The Morgan fingerprint density at radius 2 is 2.25 bits per heavy atom. The number of amides is 1. The third kappa shape index (κ3) is 3.77. The largest absolute Gasteiger partial charge is 0.377 e. The number of aromatic nitrogens is 2. The van der Waals surface area contributed by atoms with Crippen molar-refractivity contribution in [2.75, 3.05) is 11.1 Å². The molecule has 0 atom stereocenters. The minimum atomic E-state index is -0.314. The number of primary amides is 1. The second kappa shape index (κ2) is 7.00. The fourth-order valence-electron chi connectivity index (χ4n) is 1.86. The number of thioether (sulfide) groups is 1. The number of carbonyl (C=O) groups is 1. The van der Waals surface area contributed by atoms with E-state index < -0.39 is 0 Å². The van der Waals surface area contributed by atoms with Crippen LogP contribution in [-0.2, 0) is 17.9 Å². The van der Waals surface area contributed by atoms with Crippen LogP contribution in [0.3, 0.4) is 0 Å². The highest BCUT2D eigenvalue weighted by molar-refractivity contribution is 8.00. The van der Waals surface area contributed by atoms with Crippen molar-refractivity contribution in [2.24, 2.45) is 5.73 Å². The van der Waals surface area contributed by atoms with Gasteiger partial charge >= 0.3 is 0 Å². The summed E-state index contributed by atoms with van der Waals surface area (Å²) in [5, 5.41) is 3.36. The van der Waals surface area contributed by atoms with Gasteiger partial charge in [0.2, 0.25) is 5.91 Å². The van der Waals surface area contributed by atoms with E-state index in [2.05, 4.69) is 21.8 Å². The van der Waals surface area contributed by atoms with Gasteiger partial charge in [0, 0.05) is 29.5 Å². The molecule has 2 aromatic rings. The lowest BCUT2D eigenvalue weighted by Crippen LogP contribution is -2.13. The highest BCUT2D eigenvalue weighted by Gasteiger charge is 2.06. The fourth-order valence-corrected chi connectivity index (χ4v) is 2.63. The van der Waals surface area contributed by atoms with Crippen molar-refractivity contribution in [3.8, 4) is 0 Å². The summed E-state index contributed by atoms with van der Waals surface area (Å²) in [5.74, 6) is 0.955. The molecule has 5 nitrogen and oxygen atoms in total. The Bertz CT molecular complexity index is 582. The molecule has 2 rings (SSSR count). The second-order valence-corrected chi connectivity index (χ2v) is 5.25. The first-order valence-corrected chi connectivity index (χ1v) is 7.43. The SMILES string of the molecule is CCn1ccnc1CNc1ccccc1SCC(N)=O. The summed E-state index contributed by atoms with van der Waals surface area (Å²) < 4.78 is 2.09. The minimum absolute atomic E-state index is 0.280. The number of carbonyl (C=O) groups excluding carboxylic acids is 1. The molecule has 0 saturated carbocycles. The maximum Gasteiger partial charge on any atom is 0.227 e. The van der Waals surface area contributed by atoms with Crippen molar-refractivity contribution in [3.05, 3.63) is 42.5 Å². The first-order chi connectivity index (χ1) is 9.70. The second-order valence-electron chi connectivity index (χ2n) is 4.23. The first kappa shape index (κ1) is 14.5. The highest BCUT2D eigenvalue weighted by Crippen LogP contribution is 2.26. The van der Waals surface area contributed by atoms with Gasteiger partial charge in [-0.2, -0.15) is 0 Å². The number of hydrogen-bond acceptors (Lipinski definition) is 4. The third-order valence-electron chi connectivity index (χ3n) is 2.84. The van der Waals surface area contributed by atoms with Crippen molar-refractivity contribution >= 4 is 23.4 Å². The number of nitrogens with two attached hydrogens (primary N) is 1. The number of nitrogens with zero attached hydrogens (tertiary/aromatic N) is 2. The molecule has 0 unspecified atom stereocenters. The molecule has 106 valence electrons. The molecule has 0 spiro atoms. The maximum atomic E-state index is 10.9. The Balaban J connectivity index is 2.03. The monoisotopic (exact) mass is 290 g/mol. The zero-order valence-corrected chi connectivity index (χ0v) is 12.2. The van der Waals surface area contributed by atoms with Crippen LogP contribution >= 0.6 is 11.8 Å². The smallest absolute Gasteiger partial charge is 0.227 e. The molecule has 1 aromatic heterocycles. The summed E-state index contributed by atoms with van der Waals surface area (Å²) in [6.45, 7) is 3.63. The molecule has 20 heavy (non-hydrogen) atoms. The molecule has 1 heterocycles. The standard InChI is InChI=1S/C14H18N4OS/c1-2-18-8-7-16-14(18)9-17-11-5-3-4-6-12(11)20-10-13(15)19/h3-8,17H,2,9-10H2,1H3,(H2,15,19). The van der Waals surface area contributed by atoms with E-state index in [-0.39, 0.29) is 11.7 Å². The van der Waals surface area contributed by atoms with Crippen molar-refractivity contribution in [1.82, 2.24) is 9.55 Å². The summed E-state index contributed by atoms with van der Waals surface area (Å²) >= 11 is 1.44. The van der Waals surface area contributed by atoms with Gasteiger partial charge in [0.15, 0.2) is 0 Å². The molecule has 0 bridgehead atoms. The molecule has 1 amide bonds. The molecule has 0 saturated heterocycles. The molecule has 0 fully saturated rings. The number of benzene rings is 1. The van der Waals surface area contributed by atoms with E-state index in [0.717, 1.165) is 23.0 Å². The maximum absolute atomic E-state index is 10.9. The van der Waals surface area contributed by atoms with Crippen LogP contribution in [0.25, 0.3) is 0 Å². The average Bonchev–Trinajstić information content (AvgIpc) is 2.91. The topological polar surface area (TPSA) is 72.9 Å². The van der Waals surface area contributed by atoms with Crippen molar-refractivity contribution in [2.45, 2.75) is 24.9 Å². The lowest BCUT2D eigenvalue weighted by atomic mass is 10.3. The normalized spacial score (nSPS) is 10.4. The van der Waals surface area contributed by atoms with E-state index in [9.17, 15) is 4.79 Å². The Morgan fingerprint density at radius 3 is 3.00 bits per heavy atom. The van der Waals surface area contributed by atoms with Crippen molar-refractivity contribution < 1.29 is 4.79 Å². The molecule has 6 heteroatoms. The van der Waals surface area contributed by atoms with Gasteiger partial charge in [-0.1, -0.05) is 12.1 Å². The number of rotatable bonds is 7. The minimum Gasteiger partial charge on any atom is -0.377 e. The summed E-state index contributed by atoms with van der Waals surface area (Å²) in [7, 11) is 0. The number of nitrogens with one attached hydrogen (secondary N) is 1. The lowest BCUT2D eigenvalue weighted by Gasteiger charge is -2.11. The molecule has 3 N–H and O–H groups in total. The van der Waals surface area contributed by atoms with E-state index in [1.165, 1.54) is 11.8 Å². The average molecular weight is 290 g/mol. The molecule has 1 aromatic carbocycles. The van der Waals surface area contributed by atoms with Crippen LogP contribution in [0, 0.1) is 0 Å². The Morgan fingerprint density at radius 1 is 1.45 bits per heavy atom. The van der Waals surface area contributed by atoms with Gasteiger partial charge in [0.1, 0.15) is 5.82 Å². The number of anilines is 1. The van der Waals surface area contributed by atoms with Gasteiger partial charge < -0.3 is 15.6 Å². The van der Waals surface area contributed by atoms with Crippen molar-refractivity contribution in [3.63, 3.8) is 0 Å². The fraction of sp³-hybridized carbons (Fsp3) is 0.286. The summed E-state index contributed by atoms with van der Waals surface area (Å²) in [6.07, 6.45) is 3.76. The van der Waals surface area contributed by atoms with Crippen LogP contribution < -0.4 is 11.1 Å². The van der Waals surface area contributed by atoms with E-state index in [0.29, 0.717) is 6.54 Å². The van der Waals surface area contributed by atoms with Gasteiger partial charge in [0.05, 0.1) is 12.3 Å². The molecular formula is C14H18N4OS. The van der Waals surface area contributed by atoms with Crippen LogP contribution in [-0.4, -0.2) is 21.2 Å². The molecular weight excluding hydrogens is 272 g/mol. The van der Waals surface area contributed by atoms with Crippen LogP contribution in [0.1, 0.15) is 12.7 Å². The van der Waals surface area contributed by atoms with Gasteiger partial charge in [0.25, 0.3) is 0 Å². The van der Waals surface area contributed by atoms with Crippen LogP contribution in [0.5, 0.6) is 0 Å². The van der Waals surface area contributed by atoms with Crippen LogP contribution in [0.15, 0.2) is 41.6 Å². The zero-order chi connectivity index (χ0) is 14.4. The number of aryl methyl sites for hydroxylation is 1. The van der Waals surface area contributed by atoms with Crippen LogP contribution in [0.4, 0.5) is 5.69 Å². The zero-order valence-electron chi connectivity index (χ0n) is 11.4. The molecule has 0 aliphatic carbocycles. The molecule has 0 aliphatic heterocycles. The van der Waals surface area contributed by atoms with Gasteiger partial charge in [-0.05, 0) is 19.1 Å². The number of imidazole rings is 1. The Labute approximate surface area is 122 Å². The Hall–Kier alpha value is -1.95. The van der Waals surface area contributed by atoms with E-state index >= 15 is 0 Å². The first-order valence-electron chi connectivity index (χ1n) is 6.44. The number of para-hydroxylation sites is 1. The summed E-state index contributed by atoms with van der Waals surface area (Å²) in [5.41, 5.74) is 6.18. The van der Waals surface area contributed by atoms with Crippen LogP contribution in [0.2, 0.25) is 0 Å². The summed E-state index contributed by atoms with van der Waals surface area (Å²) in [6, 6.07) is 7.87. The highest BCUT2D eigenvalue weighted by atomic mass is 32.2. The quantitative estimate of drug-likeness (QED) is 0.766. The van der Waals surface area contributed by atoms with E-state index in [1.807, 2.05) is 30.5 Å². The third-order valence-corrected chi connectivity index (χ3v) is 3.93. The summed E-state index contributed by atoms with van der Waals surface area (Å²) in [4.78, 5) is 16.2. The Kier molecular flexibility index (Phi) is 5.06. The number of hydrogen-bond donors (Lipinski definition) is 2. The van der Waals surface area contributed by atoms with Gasteiger partial charge in [-0.15, -0.1) is 11.8 Å². The predicted octanol–water partition coefficient (Wildman–Crippen LogP) is 2.09.